The molecule has 1 aliphatic rings. The molecule has 1 unspecified atom stereocenters. The van der Waals surface area contributed by atoms with Crippen molar-refractivity contribution in [3.63, 3.8) is 0 Å². The van der Waals surface area contributed by atoms with Crippen molar-refractivity contribution in [3.8, 4) is 5.75 Å². The minimum absolute atomic E-state index is 0.101. The number of carbonyl (C=O) groups excluding carboxylic acids is 2. The summed E-state index contributed by atoms with van der Waals surface area (Å²) >= 11 is 0. The number of carbonyl (C=O) groups is 2. The molecule has 0 bridgehead atoms. The van der Waals surface area contributed by atoms with E-state index in [-0.39, 0.29) is 11.3 Å². The topological polar surface area (TPSA) is 110 Å². The van der Waals surface area contributed by atoms with Crippen LogP contribution in [0.15, 0.2) is 59.9 Å². The standard InChI is InChI=1S/C19H16N2O6/c1-11(22)16-17(12-4-3-5-14(10-12)21(25)26)20(19(24)18(16)23)13-6-8-15(27-2)9-7-13/h3-10,17,23H,1-2H3. The van der Waals surface area contributed by atoms with Crippen molar-refractivity contribution >= 4 is 23.1 Å². The zero-order valence-electron chi connectivity index (χ0n) is 14.6. The number of aliphatic hydroxyl groups excluding tert-OH is 1. The maximum absolute atomic E-state index is 12.7. The smallest absolute Gasteiger partial charge is 0.294 e. The van der Waals surface area contributed by atoms with Crippen molar-refractivity contribution in [2.45, 2.75) is 13.0 Å². The van der Waals surface area contributed by atoms with Crippen LogP contribution in [0.1, 0.15) is 18.5 Å². The van der Waals surface area contributed by atoms with Gasteiger partial charge < -0.3 is 9.84 Å². The summed E-state index contributed by atoms with van der Waals surface area (Å²) in [6.07, 6.45) is 0. The minimum Gasteiger partial charge on any atom is -0.503 e. The van der Waals surface area contributed by atoms with Crippen LogP contribution < -0.4 is 9.64 Å². The molecule has 0 saturated carbocycles. The Morgan fingerprint density at radius 2 is 1.89 bits per heavy atom. The summed E-state index contributed by atoms with van der Waals surface area (Å²) in [6, 6.07) is 11.2. The average Bonchev–Trinajstić information content (AvgIpc) is 2.93. The molecule has 0 aromatic heterocycles. The van der Waals surface area contributed by atoms with Crippen LogP contribution in [0.4, 0.5) is 11.4 Å². The molecule has 1 heterocycles. The van der Waals surface area contributed by atoms with E-state index in [1.54, 1.807) is 30.3 Å². The molecule has 27 heavy (non-hydrogen) atoms. The van der Waals surface area contributed by atoms with Gasteiger partial charge in [0.15, 0.2) is 11.5 Å². The number of anilines is 1. The predicted molar refractivity (Wildman–Crippen MR) is 96.7 cm³/mol. The second kappa shape index (κ2) is 6.91. The maximum Gasteiger partial charge on any atom is 0.294 e. The van der Waals surface area contributed by atoms with Gasteiger partial charge in [0.1, 0.15) is 5.75 Å². The lowest BCUT2D eigenvalue weighted by atomic mass is 9.96. The fourth-order valence-corrected chi connectivity index (χ4v) is 3.10. The molecular formula is C19H16N2O6. The second-order valence-corrected chi connectivity index (χ2v) is 5.95. The lowest BCUT2D eigenvalue weighted by Crippen LogP contribution is -2.30. The van der Waals surface area contributed by atoms with Crippen LogP contribution in [-0.4, -0.2) is 28.8 Å². The first-order valence-electron chi connectivity index (χ1n) is 8.01. The van der Waals surface area contributed by atoms with Gasteiger partial charge in [-0.3, -0.25) is 24.6 Å². The van der Waals surface area contributed by atoms with Crippen molar-refractivity contribution in [2.75, 3.05) is 12.0 Å². The van der Waals surface area contributed by atoms with Gasteiger partial charge in [0, 0.05) is 17.8 Å². The number of nitro benzene ring substituents is 1. The fourth-order valence-electron chi connectivity index (χ4n) is 3.10. The molecule has 1 atom stereocenters. The molecule has 3 rings (SSSR count). The molecule has 1 N–H and O–H groups in total. The van der Waals surface area contributed by atoms with Gasteiger partial charge in [-0.05, 0) is 36.8 Å². The Morgan fingerprint density at radius 1 is 1.22 bits per heavy atom. The first-order chi connectivity index (χ1) is 12.8. The molecule has 138 valence electrons. The van der Waals surface area contributed by atoms with E-state index in [0.29, 0.717) is 17.0 Å². The molecule has 2 aromatic rings. The number of nitrogens with zero attached hydrogens (tertiary/aromatic N) is 2. The van der Waals surface area contributed by atoms with E-state index in [1.165, 1.54) is 37.1 Å². The first-order valence-corrected chi connectivity index (χ1v) is 8.01. The molecular weight excluding hydrogens is 352 g/mol. The van der Waals surface area contributed by atoms with Gasteiger partial charge in [-0.25, -0.2) is 0 Å². The summed E-state index contributed by atoms with van der Waals surface area (Å²) in [5.41, 5.74) is 0.489. The van der Waals surface area contributed by atoms with Crippen LogP contribution in [-0.2, 0) is 9.59 Å². The average molecular weight is 368 g/mol. The van der Waals surface area contributed by atoms with Crippen LogP contribution in [0.25, 0.3) is 0 Å². The Bertz CT molecular complexity index is 964. The van der Waals surface area contributed by atoms with Gasteiger partial charge in [-0.15, -0.1) is 0 Å². The van der Waals surface area contributed by atoms with E-state index in [2.05, 4.69) is 0 Å². The van der Waals surface area contributed by atoms with E-state index in [1.807, 2.05) is 0 Å². The zero-order chi connectivity index (χ0) is 19.7. The summed E-state index contributed by atoms with van der Waals surface area (Å²) in [5.74, 6) is -1.33. The third-order valence-electron chi connectivity index (χ3n) is 4.33. The van der Waals surface area contributed by atoms with Gasteiger partial charge >= 0.3 is 0 Å². The highest BCUT2D eigenvalue weighted by Crippen LogP contribution is 2.41. The van der Waals surface area contributed by atoms with Gasteiger partial charge in [-0.2, -0.15) is 0 Å². The van der Waals surface area contributed by atoms with Crippen LogP contribution in [0.5, 0.6) is 5.75 Å². The highest BCUT2D eigenvalue weighted by molar-refractivity contribution is 6.16. The van der Waals surface area contributed by atoms with E-state index in [4.69, 9.17) is 4.74 Å². The molecule has 1 amide bonds. The molecule has 0 fully saturated rings. The van der Waals surface area contributed by atoms with Gasteiger partial charge in [0.25, 0.3) is 11.6 Å². The number of rotatable bonds is 5. The summed E-state index contributed by atoms with van der Waals surface area (Å²) in [7, 11) is 1.50. The van der Waals surface area contributed by atoms with Gasteiger partial charge in [0.2, 0.25) is 0 Å². The molecule has 0 aliphatic carbocycles. The number of aliphatic hydroxyl groups is 1. The number of hydrogen-bond donors (Lipinski definition) is 1. The van der Waals surface area contributed by atoms with E-state index >= 15 is 0 Å². The van der Waals surface area contributed by atoms with Crippen molar-refractivity contribution in [2.24, 2.45) is 0 Å². The SMILES string of the molecule is COc1ccc(N2C(=O)C(O)=C(C(C)=O)C2c2cccc([N+](=O)[O-])c2)cc1. The van der Waals surface area contributed by atoms with Gasteiger partial charge in [0.05, 0.1) is 23.6 Å². The van der Waals surface area contributed by atoms with E-state index in [9.17, 15) is 24.8 Å². The zero-order valence-corrected chi connectivity index (χ0v) is 14.6. The maximum atomic E-state index is 12.7. The largest absolute Gasteiger partial charge is 0.503 e. The lowest BCUT2D eigenvalue weighted by molar-refractivity contribution is -0.384. The second-order valence-electron chi connectivity index (χ2n) is 5.95. The summed E-state index contributed by atoms with van der Waals surface area (Å²) in [5, 5.41) is 21.4. The third-order valence-corrected chi connectivity index (χ3v) is 4.33. The van der Waals surface area contributed by atoms with Crippen LogP contribution >= 0.6 is 0 Å². The molecule has 0 saturated heterocycles. The van der Waals surface area contributed by atoms with Crippen LogP contribution in [0.2, 0.25) is 0 Å². The van der Waals surface area contributed by atoms with Crippen molar-refractivity contribution in [1.29, 1.82) is 0 Å². The number of Topliss-reactive ketones (excluding diaryl/α,β-unsaturated/α-hetero) is 1. The molecule has 8 heteroatoms. The summed E-state index contributed by atoms with van der Waals surface area (Å²) in [4.78, 5) is 36.6. The summed E-state index contributed by atoms with van der Waals surface area (Å²) in [6.45, 7) is 1.24. The number of ether oxygens (including phenoxy) is 1. The van der Waals surface area contributed by atoms with E-state index < -0.39 is 28.4 Å². The molecule has 0 spiro atoms. The number of non-ortho nitro benzene ring substituents is 1. The quantitative estimate of drug-likeness (QED) is 0.641. The Kier molecular flexibility index (Phi) is 4.64. The molecule has 0 radical (unpaired) electrons. The molecule has 2 aromatic carbocycles. The number of benzene rings is 2. The predicted octanol–water partition coefficient (Wildman–Crippen LogP) is 3.09. The van der Waals surface area contributed by atoms with Crippen molar-refractivity contribution < 1.29 is 24.4 Å². The number of ketones is 1. The highest BCUT2D eigenvalue weighted by atomic mass is 16.6. The summed E-state index contributed by atoms with van der Waals surface area (Å²) < 4.78 is 5.10. The Morgan fingerprint density at radius 3 is 2.44 bits per heavy atom. The Labute approximate surface area is 154 Å². The minimum atomic E-state index is -0.969. The number of hydrogen-bond acceptors (Lipinski definition) is 6. The highest BCUT2D eigenvalue weighted by Gasteiger charge is 2.43. The Balaban J connectivity index is 2.16. The normalized spacial score (nSPS) is 16.6. The van der Waals surface area contributed by atoms with Crippen molar-refractivity contribution in [3.05, 3.63) is 75.5 Å². The third kappa shape index (κ3) is 3.12. The number of methoxy groups -OCH3 is 1. The number of nitro groups is 1. The molecule has 8 nitrogen and oxygen atoms in total. The van der Waals surface area contributed by atoms with Crippen LogP contribution in [0, 0.1) is 10.1 Å². The van der Waals surface area contributed by atoms with Crippen molar-refractivity contribution in [1.82, 2.24) is 0 Å². The van der Waals surface area contributed by atoms with Gasteiger partial charge in [-0.1, -0.05) is 12.1 Å². The van der Waals surface area contributed by atoms with E-state index in [0.717, 1.165) is 0 Å². The lowest BCUT2D eigenvalue weighted by Gasteiger charge is -2.26. The van der Waals surface area contributed by atoms with Crippen LogP contribution in [0.3, 0.4) is 0 Å². The Hall–Kier alpha value is -3.68. The first kappa shape index (κ1) is 18.1. The molecule has 1 aliphatic heterocycles. The fraction of sp³-hybridized carbons (Fsp3) is 0.158. The number of amides is 1. The monoisotopic (exact) mass is 368 g/mol.